The molecule has 4 aliphatic heterocycles. The standard InChI is InChI=1S/C33H37F2N7O4/c1-3-32(43)39-25-13-26(29(44-2)14-28(25)40-7-4-24(5-8-40)41-16-33(17-41)18-45-19-33)38-30-15-31(37-20-36-30)42-27(6-9-46-42)21-10-22(34)12-23(35)11-21/h3,10-15,20,24,27H,1,4-9,16-19H2,2H3,(H,39,43)(H,36,37,38)/t27-/m1/s1. The second-order valence-corrected chi connectivity index (χ2v) is 12.4. The minimum atomic E-state index is -0.653. The van der Waals surface area contributed by atoms with Crippen LogP contribution in [0.2, 0.25) is 0 Å². The van der Waals surface area contributed by atoms with E-state index in [1.54, 1.807) is 18.2 Å². The molecule has 11 nitrogen and oxygen atoms in total. The molecule has 2 N–H and O–H groups in total. The Kier molecular flexibility index (Phi) is 8.22. The second kappa shape index (κ2) is 12.5. The summed E-state index contributed by atoms with van der Waals surface area (Å²) in [6, 6.07) is 8.99. The Morgan fingerprint density at radius 2 is 1.80 bits per heavy atom. The summed E-state index contributed by atoms with van der Waals surface area (Å²) in [6.07, 6.45) is 5.21. The molecule has 1 aromatic heterocycles. The number of piperidine rings is 1. The molecule has 0 saturated carbocycles. The SMILES string of the molecule is C=CC(=O)Nc1cc(Nc2cc(N3OCC[C@@H]3c3cc(F)cc(F)c3)ncn2)c(OC)cc1N1CCC(N2CC3(COC3)C2)CC1. The van der Waals surface area contributed by atoms with Crippen LogP contribution in [0, 0.1) is 17.0 Å². The molecule has 0 bridgehead atoms. The van der Waals surface area contributed by atoms with Crippen molar-refractivity contribution in [3.05, 3.63) is 72.6 Å². The zero-order valence-corrected chi connectivity index (χ0v) is 25.7. The van der Waals surface area contributed by atoms with Gasteiger partial charge in [0.25, 0.3) is 0 Å². The van der Waals surface area contributed by atoms with Gasteiger partial charge in [0.1, 0.15) is 29.5 Å². The van der Waals surface area contributed by atoms with Gasteiger partial charge in [-0.25, -0.2) is 23.8 Å². The molecular weight excluding hydrogens is 596 g/mol. The first-order valence-corrected chi connectivity index (χ1v) is 15.5. The number of carbonyl (C=O) groups is 1. The van der Waals surface area contributed by atoms with Crippen LogP contribution in [-0.4, -0.2) is 79.9 Å². The maximum Gasteiger partial charge on any atom is 0.247 e. The van der Waals surface area contributed by atoms with Crippen molar-refractivity contribution >= 4 is 34.6 Å². The molecule has 4 saturated heterocycles. The zero-order chi connectivity index (χ0) is 31.8. The van der Waals surface area contributed by atoms with Crippen molar-refractivity contribution in [3.8, 4) is 5.75 Å². The van der Waals surface area contributed by atoms with Gasteiger partial charge in [0, 0.05) is 62.3 Å². The number of hydroxylamine groups is 1. The minimum absolute atomic E-state index is 0.323. The molecule has 0 aliphatic carbocycles. The fourth-order valence-electron chi connectivity index (χ4n) is 6.94. The van der Waals surface area contributed by atoms with Gasteiger partial charge < -0.3 is 25.0 Å². The Labute approximate surface area is 266 Å². The van der Waals surface area contributed by atoms with E-state index in [4.69, 9.17) is 14.3 Å². The molecule has 4 fully saturated rings. The van der Waals surface area contributed by atoms with E-state index >= 15 is 0 Å². The van der Waals surface area contributed by atoms with Crippen molar-refractivity contribution in [3.63, 3.8) is 0 Å². The van der Waals surface area contributed by atoms with Crippen LogP contribution in [-0.2, 0) is 14.4 Å². The summed E-state index contributed by atoms with van der Waals surface area (Å²) in [5, 5.41) is 7.80. The summed E-state index contributed by atoms with van der Waals surface area (Å²) in [5.41, 5.74) is 2.90. The number of aromatic nitrogens is 2. The number of nitrogens with one attached hydrogen (secondary N) is 2. The van der Waals surface area contributed by atoms with Gasteiger partial charge in [0.15, 0.2) is 5.82 Å². The predicted molar refractivity (Wildman–Crippen MR) is 169 cm³/mol. The highest BCUT2D eigenvalue weighted by Crippen LogP contribution is 2.43. The van der Waals surface area contributed by atoms with Crippen molar-refractivity contribution in [1.29, 1.82) is 0 Å². The summed E-state index contributed by atoms with van der Waals surface area (Å²) < 4.78 is 39.2. The predicted octanol–water partition coefficient (Wildman–Crippen LogP) is 4.82. The lowest BCUT2D eigenvalue weighted by molar-refractivity contribution is -0.199. The Bertz CT molecular complexity index is 1600. The van der Waals surface area contributed by atoms with Gasteiger partial charge >= 0.3 is 0 Å². The fourth-order valence-corrected chi connectivity index (χ4v) is 6.94. The van der Waals surface area contributed by atoms with E-state index < -0.39 is 17.7 Å². The highest BCUT2D eigenvalue weighted by Gasteiger charge is 2.50. The number of methoxy groups -OCH3 is 1. The van der Waals surface area contributed by atoms with Crippen molar-refractivity contribution in [1.82, 2.24) is 14.9 Å². The summed E-state index contributed by atoms with van der Waals surface area (Å²) in [4.78, 5) is 31.9. The summed E-state index contributed by atoms with van der Waals surface area (Å²) >= 11 is 0. The molecule has 1 amide bonds. The summed E-state index contributed by atoms with van der Waals surface area (Å²) in [5.74, 6) is -0.215. The number of benzene rings is 2. The molecule has 1 spiro atoms. The van der Waals surface area contributed by atoms with E-state index in [0.717, 1.165) is 64.0 Å². The van der Waals surface area contributed by atoms with Crippen molar-refractivity contribution in [2.75, 3.05) is 73.7 Å². The van der Waals surface area contributed by atoms with Crippen LogP contribution in [0.15, 0.2) is 55.4 Å². The van der Waals surface area contributed by atoms with Gasteiger partial charge in [-0.1, -0.05) is 6.58 Å². The van der Waals surface area contributed by atoms with Crippen LogP contribution < -0.4 is 25.3 Å². The average Bonchev–Trinajstić information content (AvgIpc) is 3.50. The van der Waals surface area contributed by atoms with E-state index in [1.165, 1.54) is 24.5 Å². The third-order valence-electron chi connectivity index (χ3n) is 9.29. The molecule has 7 rings (SSSR count). The number of amides is 1. The maximum atomic E-state index is 14.0. The quantitative estimate of drug-likeness (QED) is 0.319. The number of ether oxygens (including phenoxy) is 2. The molecular formula is C33H37F2N7O4. The highest BCUT2D eigenvalue weighted by molar-refractivity contribution is 6.02. The largest absolute Gasteiger partial charge is 0.494 e. The molecule has 242 valence electrons. The van der Waals surface area contributed by atoms with Crippen LogP contribution in [0.4, 0.5) is 37.5 Å². The van der Waals surface area contributed by atoms with Gasteiger partial charge in [-0.15, -0.1) is 0 Å². The summed E-state index contributed by atoms with van der Waals surface area (Å²) in [6.45, 7) is 9.68. The first-order valence-electron chi connectivity index (χ1n) is 15.5. The molecule has 46 heavy (non-hydrogen) atoms. The molecule has 1 atom stereocenters. The van der Waals surface area contributed by atoms with Crippen molar-refractivity contribution in [2.24, 2.45) is 5.41 Å². The van der Waals surface area contributed by atoms with Crippen LogP contribution in [0.3, 0.4) is 0 Å². The maximum absolute atomic E-state index is 14.0. The molecule has 0 unspecified atom stereocenters. The Balaban J connectivity index is 1.10. The second-order valence-electron chi connectivity index (χ2n) is 12.4. The topological polar surface area (TPSA) is 104 Å². The van der Waals surface area contributed by atoms with Crippen molar-refractivity contribution in [2.45, 2.75) is 31.3 Å². The van der Waals surface area contributed by atoms with Crippen LogP contribution in [0.5, 0.6) is 5.75 Å². The Morgan fingerprint density at radius 3 is 2.48 bits per heavy atom. The lowest BCUT2D eigenvalue weighted by Gasteiger charge is -2.58. The number of likely N-dealkylation sites (tertiary alicyclic amines) is 1. The molecule has 4 aliphatic rings. The highest BCUT2D eigenvalue weighted by atomic mass is 19.1. The number of anilines is 5. The van der Waals surface area contributed by atoms with E-state index in [1.807, 2.05) is 12.1 Å². The third-order valence-corrected chi connectivity index (χ3v) is 9.29. The Morgan fingerprint density at radius 1 is 1.04 bits per heavy atom. The van der Waals surface area contributed by atoms with E-state index in [-0.39, 0.29) is 5.91 Å². The average molecular weight is 634 g/mol. The number of rotatable bonds is 9. The lowest BCUT2D eigenvalue weighted by Crippen LogP contribution is -2.68. The molecule has 5 heterocycles. The van der Waals surface area contributed by atoms with E-state index in [2.05, 4.69) is 37.0 Å². The van der Waals surface area contributed by atoms with Gasteiger partial charge in [-0.3, -0.25) is 14.5 Å². The van der Waals surface area contributed by atoms with Crippen LogP contribution >= 0.6 is 0 Å². The van der Waals surface area contributed by atoms with Gasteiger partial charge in [-0.05, 0) is 42.7 Å². The molecule has 3 aromatic rings. The lowest BCUT2D eigenvalue weighted by atomic mass is 9.76. The van der Waals surface area contributed by atoms with Gasteiger partial charge in [0.2, 0.25) is 5.91 Å². The normalized spacial score (nSPS) is 21.1. The van der Waals surface area contributed by atoms with E-state index in [0.29, 0.717) is 58.8 Å². The number of hydrogen-bond donors (Lipinski definition) is 2. The smallest absolute Gasteiger partial charge is 0.247 e. The zero-order valence-electron chi connectivity index (χ0n) is 25.7. The van der Waals surface area contributed by atoms with Crippen LogP contribution in [0.25, 0.3) is 0 Å². The van der Waals surface area contributed by atoms with Crippen LogP contribution in [0.1, 0.15) is 30.9 Å². The summed E-state index contributed by atoms with van der Waals surface area (Å²) in [7, 11) is 1.59. The first kappa shape index (κ1) is 30.3. The molecule has 0 radical (unpaired) electrons. The van der Waals surface area contributed by atoms with Gasteiger partial charge in [-0.2, -0.15) is 0 Å². The monoisotopic (exact) mass is 633 g/mol. The Hall–Kier alpha value is -4.33. The van der Waals surface area contributed by atoms with E-state index in [9.17, 15) is 13.6 Å². The fraction of sp³-hybridized carbons (Fsp3) is 0.424. The third kappa shape index (κ3) is 5.97. The molecule has 2 aromatic carbocycles. The first-order chi connectivity index (χ1) is 22.3. The molecule has 13 heteroatoms. The van der Waals surface area contributed by atoms with Gasteiger partial charge in [0.05, 0.1) is 50.0 Å². The minimum Gasteiger partial charge on any atom is -0.494 e. The number of nitrogens with zero attached hydrogens (tertiary/aromatic N) is 5. The number of halogens is 2. The number of hydrogen-bond acceptors (Lipinski definition) is 10. The van der Waals surface area contributed by atoms with Crippen molar-refractivity contribution < 1.29 is 27.9 Å². The number of carbonyl (C=O) groups excluding carboxylic acids is 1.